The van der Waals surface area contributed by atoms with E-state index in [4.69, 9.17) is 16.3 Å². The van der Waals surface area contributed by atoms with E-state index in [2.05, 4.69) is 45.5 Å². The zero-order valence-corrected chi connectivity index (χ0v) is 16.7. The third-order valence-electron chi connectivity index (χ3n) is 4.85. The molecule has 1 atom stereocenters. The lowest BCUT2D eigenvalue weighted by molar-refractivity contribution is 0.0907. The monoisotopic (exact) mass is 385 g/mol. The Balaban J connectivity index is 1.38. The summed E-state index contributed by atoms with van der Waals surface area (Å²) in [5, 5.41) is 4.26. The van der Waals surface area contributed by atoms with Gasteiger partial charge in [-0.1, -0.05) is 54.1 Å². The molecular formula is C22H28ClN3O. The van der Waals surface area contributed by atoms with Crippen LogP contribution < -0.4 is 5.32 Å². The molecule has 1 unspecified atom stereocenters. The van der Waals surface area contributed by atoms with Gasteiger partial charge in [-0.05, 0) is 36.1 Å². The van der Waals surface area contributed by atoms with Crippen molar-refractivity contribution in [1.29, 1.82) is 0 Å². The van der Waals surface area contributed by atoms with Crippen molar-refractivity contribution in [1.82, 2.24) is 10.2 Å². The summed E-state index contributed by atoms with van der Waals surface area (Å²) in [5.41, 5.74) is 2.46. The van der Waals surface area contributed by atoms with Gasteiger partial charge in [0.25, 0.3) is 0 Å². The van der Waals surface area contributed by atoms with Crippen molar-refractivity contribution in [2.24, 2.45) is 10.9 Å². The van der Waals surface area contributed by atoms with Crippen LogP contribution in [0.25, 0.3) is 0 Å². The molecule has 0 spiro atoms. The number of hydrogen-bond acceptors (Lipinski definition) is 2. The fourth-order valence-electron chi connectivity index (χ4n) is 3.42. The van der Waals surface area contributed by atoms with E-state index in [0.717, 1.165) is 50.1 Å². The highest BCUT2D eigenvalue weighted by Gasteiger charge is 2.24. The lowest BCUT2D eigenvalue weighted by atomic mass is 10.1. The molecule has 1 aliphatic rings. The molecular weight excluding hydrogens is 358 g/mol. The van der Waals surface area contributed by atoms with Crippen molar-refractivity contribution >= 4 is 17.6 Å². The molecule has 1 heterocycles. The Morgan fingerprint density at radius 2 is 2.00 bits per heavy atom. The molecule has 3 rings (SSSR count). The van der Waals surface area contributed by atoms with E-state index in [-0.39, 0.29) is 0 Å². The van der Waals surface area contributed by atoms with Crippen molar-refractivity contribution < 1.29 is 4.74 Å². The van der Waals surface area contributed by atoms with Crippen LogP contribution in [0.5, 0.6) is 0 Å². The fraction of sp³-hybridized carbons (Fsp3) is 0.409. The highest BCUT2D eigenvalue weighted by atomic mass is 35.5. The number of rotatable bonds is 7. The van der Waals surface area contributed by atoms with Gasteiger partial charge in [-0.3, -0.25) is 4.99 Å². The normalized spacial score (nSPS) is 17.3. The second-order valence-corrected chi connectivity index (χ2v) is 7.39. The minimum Gasteiger partial charge on any atom is -0.376 e. The van der Waals surface area contributed by atoms with E-state index in [1.807, 2.05) is 31.3 Å². The third-order valence-corrected chi connectivity index (χ3v) is 5.08. The molecule has 0 bridgehead atoms. The smallest absolute Gasteiger partial charge is 0.193 e. The number of likely N-dealkylation sites (tertiary alicyclic amines) is 1. The molecule has 0 aromatic heterocycles. The summed E-state index contributed by atoms with van der Waals surface area (Å²) < 4.78 is 5.92. The van der Waals surface area contributed by atoms with Crippen molar-refractivity contribution in [2.45, 2.75) is 19.4 Å². The van der Waals surface area contributed by atoms with Crippen LogP contribution in [-0.2, 0) is 17.8 Å². The van der Waals surface area contributed by atoms with E-state index >= 15 is 0 Å². The summed E-state index contributed by atoms with van der Waals surface area (Å²) in [4.78, 5) is 6.77. The van der Waals surface area contributed by atoms with E-state index in [1.54, 1.807) is 0 Å². The Kier molecular flexibility index (Phi) is 7.55. The van der Waals surface area contributed by atoms with Gasteiger partial charge in [0, 0.05) is 37.6 Å². The molecule has 4 nitrogen and oxygen atoms in total. The SMILES string of the molecule is CN=C(NCCc1cccc(Cl)c1)N1CCC(COCc2ccccc2)C1. The lowest BCUT2D eigenvalue weighted by Gasteiger charge is -2.21. The Morgan fingerprint density at radius 3 is 2.78 bits per heavy atom. The number of hydrogen-bond donors (Lipinski definition) is 1. The molecule has 0 aliphatic carbocycles. The Labute approximate surface area is 167 Å². The molecule has 27 heavy (non-hydrogen) atoms. The summed E-state index contributed by atoms with van der Waals surface area (Å²) in [6, 6.07) is 18.4. The van der Waals surface area contributed by atoms with Gasteiger partial charge in [-0.15, -0.1) is 0 Å². The molecule has 0 amide bonds. The largest absolute Gasteiger partial charge is 0.376 e. The Morgan fingerprint density at radius 1 is 1.19 bits per heavy atom. The summed E-state index contributed by atoms with van der Waals surface area (Å²) in [6.45, 7) is 4.34. The maximum Gasteiger partial charge on any atom is 0.193 e. The highest BCUT2D eigenvalue weighted by Crippen LogP contribution is 2.17. The first-order valence-electron chi connectivity index (χ1n) is 9.56. The van der Waals surface area contributed by atoms with Gasteiger partial charge in [0.15, 0.2) is 5.96 Å². The van der Waals surface area contributed by atoms with Crippen LogP contribution in [-0.4, -0.2) is 44.1 Å². The zero-order chi connectivity index (χ0) is 18.9. The van der Waals surface area contributed by atoms with Gasteiger partial charge in [0.05, 0.1) is 13.2 Å². The molecule has 1 N–H and O–H groups in total. The molecule has 0 radical (unpaired) electrons. The van der Waals surface area contributed by atoms with Gasteiger partial charge in [0.1, 0.15) is 0 Å². The van der Waals surface area contributed by atoms with Crippen LogP contribution in [0.15, 0.2) is 59.6 Å². The molecule has 1 aliphatic heterocycles. The summed E-state index contributed by atoms with van der Waals surface area (Å²) >= 11 is 6.05. The van der Waals surface area contributed by atoms with Gasteiger partial charge in [-0.25, -0.2) is 0 Å². The van der Waals surface area contributed by atoms with Crippen molar-refractivity contribution in [3.8, 4) is 0 Å². The molecule has 0 saturated carbocycles. The number of benzene rings is 2. The first-order valence-corrected chi connectivity index (χ1v) is 9.94. The van der Waals surface area contributed by atoms with Crippen LogP contribution in [0.2, 0.25) is 5.02 Å². The summed E-state index contributed by atoms with van der Waals surface area (Å²) in [7, 11) is 1.85. The number of guanidine groups is 1. The van der Waals surface area contributed by atoms with E-state index in [1.165, 1.54) is 11.1 Å². The average Bonchev–Trinajstić information content (AvgIpc) is 3.15. The van der Waals surface area contributed by atoms with Gasteiger partial charge < -0.3 is 15.0 Å². The van der Waals surface area contributed by atoms with Gasteiger partial charge in [-0.2, -0.15) is 0 Å². The third kappa shape index (κ3) is 6.26. The minimum atomic E-state index is 0.556. The number of aliphatic imine (C=N–C) groups is 1. The van der Waals surface area contributed by atoms with Crippen LogP contribution in [0.3, 0.4) is 0 Å². The Hall–Kier alpha value is -2.04. The molecule has 5 heteroatoms. The molecule has 1 fully saturated rings. The summed E-state index contributed by atoms with van der Waals surface area (Å²) in [6.07, 6.45) is 2.07. The molecule has 2 aromatic carbocycles. The van der Waals surface area contributed by atoms with Gasteiger partial charge >= 0.3 is 0 Å². The van der Waals surface area contributed by atoms with Crippen LogP contribution in [0.1, 0.15) is 17.5 Å². The highest BCUT2D eigenvalue weighted by molar-refractivity contribution is 6.30. The number of ether oxygens (including phenoxy) is 1. The zero-order valence-electron chi connectivity index (χ0n) is 15.9. The van der Waals surface area contributed by atoms with E-state index in [0.29, 0.717) is 12.5 Å². The minimum absolute atomic E-state index is 0.556. The predicted octanol–water partition coefficient (Wildman–Crippen LogP) is 4.00. The van der Waals surface area contributed by atoms with E-state index < -0.39 is 0 Å². The second kappa shape index (κ2) is 10.3. The topological polar surface area (TPSA) is 36.9 Å². The maximum absolute atomic E-state index is 6.05. The average molecular weight is 386 g/mol. The maximum atomic E-state index is 6.05. The van der Waals surface area contributed by atoms with Crippen molar-refractivity contribution in [3.05, 3.63) is 70.7 Å². The quantitative estimate of drug-likeness (QED) is 0.578. The van der Waals surface area contributed by atoms with Crippen molar-refractivity contribution in [2.75, 3.05) is 33.3 Å². The number of nitrogens with one attached hydrogen (secondary N) is 1. The fourth-order valence-corrected chi connectivity index (χ4v) is 3.64. The molecule has 1 saturated heterocycles. The van der Waals surface area contributed by atoms with Gasteiger partial charge in [0.2, 0.25) is 0 Å². The van der Waals surface area contributed by atoms with Crippen LogP contribution in [0.4, 0.5) is 0 Å². The summed E-state index contributed by atoms with van der Waals surface area (Å²) in [5.74, 6) is 1.53. The van der Waals surface area contributed by atoms with E-state index in [9.17, 15) is 0 Å². The van der Waals surface area contributed by atoms with Crippen LogP contribution >= 0.6 is 11.6 Å². The molecule has 144 valence electrons. The number of halogens is 1. The van der Waals surface area contributed by atoms with Crippen molar-refractivity contribution in [3.63, 3.8) is 0 Å². The Bertz CT molecular complexity index is 735. The number of nitrogens with zero attached hydrogens (tertiary/aromatic N) is 2. The van der Waals surface area contributed by atoms with Crippen LogP contribution in [0, 0.1) is 5.92 Å². The predicted molar refractivity (Wildman–Crippen MR) is 112 cm³/mol. The molecule has 2 aromatic rings. The first-order chi connectivity index (χ1) is 13.2. The lowest BCUT2D eigenvalue weighted by Crippen LogP contribution is -2.41. The standard InChI is InChI=1S/C22H28ClN3O/c1-24-22(25-12-10-18-8-5-9-21(23)14-18)26-13-11-20(15-26)17-27-16-19-6-3-2-4-7-19/h2-9,14,20H,10-13,15-17H2,1H3,(H,24,25). The second-order valence-electron chi connectivity index (χ2n) is 6.96. The first kappa shape index (κ1) is 19.7.